The third-order valence-corrected chi connectivity index (χ3v) is 2.96. The first-order valence-corrected chi connectivity index (χ1v) is 6.13. The Morgan fingerprint density at radius 1 is 1.42 bits per heavy atom. The van der Waals surface area contributed by atoms with Gasteiger partial charge in [0.15, 0.2) is 6.04 Å². The van der Waals surface area contributed by atoms with E-state index >= 15 is 0 Å². The second-order valence-corrected chi connectivity index (χ2v) is 4.52. The maximum Gasteiger partial charge on any atom is 0.330 e. The summed E-state index contributed by atoms with van der Waals surface area (Å²) in [5.74, 6) is -1.07. The number of hydrogen-bond acceptors (Lipinski definition) is 4. The summed E-state index contributed by atoms with van der Waals surface area (Å²) >= 11 is 3.27. The smallest absolute Gasteiger partial charge is 0.330 e. The molecular weight excluding hydrogens is 318 g/mol. The number of carbonyl (C=O) groups is 2. The molecule has 0 saturated carbocycles. The van der Waals surface area contributed by atoms with Crippen LogP contribution in [0, 0.1) is 0 Å². The molecule has 0 aromatic heterocycles. The molecule has 6 nitrogen and oxygen atoms in total. The number of carboxylic acids is 1. The van der Waals surface area contributed by atoms with Gasteiger partial charge in [-0.3, -0.25) is 4.79 Å². The van der Waals surface area contributed by atoms with Crippen LogP contribution in [0.5, 0.6) is 5.75 Å². The number of ether oxygens (including phenoxy) is 2. The van der Waals surface area contributed by atoms with Gasteiger partial charge in [0.25, 0.3) is 0 Å². The van der Waals surface area contributed by atoms with Crippen LogP contribution in [0.15, 0.2) is 22.7 Å². The van der Waals surface area contributed by atoms with Crippen molar-refractivity contribution in [3.05, 3.63) is 28.2 Å². The lowest BCUT2D eigenvalue weighted by Crippen LogP contribution is -2.35. The van der Waals surface area contributed by atoms with Gasteiger partial charge in [-0.15, -0.1) is 0 Å². The summed E-state index contributed by atoms with van der Waals surface area (Å²) in [6.45, 7) is -0.193. The highest BCUT2D eigenvalue weighted by Crippen LogP contribution is 2.28. The van der Waals surface area contributed by atoms with E-state index in [1.165, 1.54) is 14.2 Å². The lowest BCUT2D eigenvalue weighted by atomic mass is 10.1. The van der Waals surface area contributed by atoms with Gasteiger partial charge in [-0.2, -0.15) is 0 Å². The molecule has 0 fully saturated rings. The van der Waals surface area contributed by atoms with E-state index < -0.39 is 17.9 Å². The van der Waals surface area contributed by atoms with Crippen LogP contribution in [-0.4, -0.2) is 37.8 Å². The minimum Gasteiger partial charge on any atom is -0.496 e. The summed E-state index contributed by atoms with van der Waals surface area (Å²) in [4.78, 5) is 22.6. The highest BCUT2D eigenvalue weighted by Gasteiger charge is 2.22. The van der Waals surface area contributed by atoms with Crippen molar-refractivity contribution in [1.82, 2.24) is 5.32 Å². The summed E-state index contributed by atoms with van der Waals surface area (Å²) in [5.41, 5.74) is 0.435. The number of carbonyl (C=O) groups excluding carboxylic acids is 1. The number of benzene rings is 1. The molecule has 19 heavy (non-hydrogen) atoms. The third kappa shape index (κ3) is 4.22. The normalized spacial score (nSPS) is 11.7. The molecule has 1 rings (SSSR count). The topological polar surface area (TPSA) is 84.9 Å². The summed E-state index contributed by atoms with van der Waals surface area (Å²) in [6.07, 6.45) is 0. The Kier molecular flexibility index (Phi) is 5.78. The second-order valence-electron chi connectivity index (χ2n) is 3.67. The molecular formula is C12H14BrNO5. The molecule has 0 aliphatic carbocycles. The van der Waals surface area contributed by atoms with Crippen LogP contribution in [0.3, 0.4) is 0 Å². The molecule has 7 heteroatoms. The van der Waals surface area contributed by atoms with E-state index in [-0.39, 0.29) is 6.61 Å². The Labute approximate surface area is 118 Å². The predicted molar refractivity (Wildman–Crippen MR) is 71.1 cm³/mol. The maximum atomic E-state index is 11.4. The van der Waals surface area contributed by atoms with Gasteiger partial charge < -0.3 is 19.9 Å². The molecule has 1 unspecified atom stereocenters. The number of aliphatic carboxylic acids is 1. The lowest BCUT2D eigenvalue weighted by Gasteiger charge is -2.15. The van der Waals surface area contributed by atoms with Crippen molar-refractivity contribution >= 4 is 27.8 Å². The zero-order valence-corrected chi connectivity index (χ0v) is 12.1. The Bertz CT molecular complexity index is 477. The van der Waals surface area contributed by atoms with Crippen molar-refractivity contribution in [3.8, 4) is 5.75 Å². The fourth-order valence-corrected chi connectivity index (χ4v) is 2.04. The van der Waals surface area contributed by atoms with Crippen molar-refractivity contribution in [3.63, 3.8) is 0 Å². The number of rotatable bonds is 6. The van der Waals surface area contributed by atoms with E-state index in [1.54, 1.807) is 18.2 Å². The first-order chi connectivity index (χ1) is 8.99. The Hall–Kier alpha value is -1.60. The van der Waals surface area contributed by atoms with Crippen LogP contribution in [-0.2, 0) is 14.3 Å². The van der Waals surface area contributed by atoms with Gasteiger partial charge in [-0.1, -0.05) is 6.07 Å². The summed E-state index contributed by atoms with van der Waals surface area (Å²) < 4.78 is 10.3. The minimum absolute atomic E-state index is 0.193. The van der Waals surface area contributed by atoms with Crippen molar-refractivity contribution in [2.75, 3.05) is 20.8 Å². The number of halogens is 1. The van der Waals surface area contributed by atoms with Crippen LogP contribution in [0.2, 0.25) is 0 Å². The van der Waals surface area contributed by atoms with Crippen molar-refractivity contribution in [2.45, 2.75) is 6.04 Å². The molecule has 2 N–H and O–H groups in total. The molecule has 1 aromatic rings. The number of methoxy groups -OCH3 is 2. The van der Waals surface area contributed by atoms with Gasteiger partial charge in [0.2, 0.25) is 5.91 Å². The molecule has 104 valence electrons. The Morgan fingerprint density at radius 3 is 2.58 bits per heavy atom. The van der Waals surface area contributed by atoms with Crippen molar-refractivity contribution < 1.29 is 24.2 Å². The zero-order chi connectivity index (χ0) is 14.4. The number of amides is 1. The maximum absolute atomic E-state index is 11.4. The summed E-state index contributed by atoms with van der Waals surface area (Å²) in [6, 6.07) is 3.66. The van der Waals surface area contributed by atoms with E-state index in [0.717, 1.165) is 0 Å². The standard InChI is InChI=1S/C12H14BrNO5/c1-18-6-10(15)14-11(12(16)17)7-3-4-9(19-2)8(13)5-7/h3-5,11H,6H2,1-2H3,(H,14,15)(H,16,17). The first kappa shape index (κ1) is 15.5. The largest absolute Gasteiger partial charge is 0.496 e. The number of nitrogens with one attached hydrogen (secondary N) is 1. The van der Waals surface area contributed by atoms with Gasteiger partial charge >= 0.3 is 5.97 Å². The monoisotopic (exact) mass is 331 g/mol. The quantitative estimate of drug-likeness (QED) is 0.821. The first-order valence-electron chi connectivity index (χ1n) is 5.34. The molecule has 0 saturated heterocycles. The van der Waals surface area contributed by atoms with Gasteiger partial charge in [0.1, 0.15) is 12.4 Å². The van der Waals surface area contributed by atoms with Crippen molar-refractivity contribution in [1.29, 1.82) is 0 Å². The van der Waals surface area contributed by atoms with Gasteiger partial charge in [-0.05, 0) is 33.6 Å². The zero-order valence-electron chi connectivity index (χ0n) is 10.5. The van der Waals surface area contributed by atoms with E-state index in [9.17, 15) is 9.59 Å². The SMILES string of the molecule is COCC(=O)NC(C(=O)O)c1ccc(OC)c(Br)c1. The summed E-state index contributed by atoms with van der Waals surface area (Å²) in [7, 11) is 2.87. The van der Waals surface area contributed by atoms with Crippen molar-refractivity contribution in [2.24, 2.45) is 0 Å². The molecule has 0 aliphatic heterocycles. The van der Waals surface area contributed by atoms with Crippen LogP contribution >= 0.6 is 15.9 Å². The second kappa shape index (κ2) is 7.10. The van der Waals surface area contributed by atoms with Gasteiger partial charge in [-0.25, -0.2) is 4.79 Å². The average molecular weight is 332 g/mol. The van der Waals surface area contributed by atoms with Gasteiger partial charge in [0.05, 0.1) is 11.6 Å². The lowest BCUT2D eigenvalue weighted by molar-refractivity contribution is -0.142. The molecule has 0 spiro atoms. The fraction of sp³-hybridized carbons (Fsp3) is 0.333. The molecule has 0 bridgehead atoms. The Balaban J connectivity index is 2.96. The minimum atomic E-state index is -1.15. The van der Waals surface area contributed by atoms with Crippen LogP contribution in [0.25, 0.3) is 0 Å². The Morgan fingerprint density at radius 2 is 2.11 bits per heavy atom. The molecule has 0 aliphatic rings. The molecule has 0 heterocycles. The molecule has 1 aromatic carbocycles. The third-order valence-electron chi connectivity index (χ3n) is 2.34. The van der Waals surface area contributed by atoms with E-state index in [2.05, 4.69) is 26.0 Å². The van der Waals surface area contributed by atoms with Crippen LogP contribution < -0.4 is 10.1 Å². The molecule has 1 atom stereocenters. The van der Waals surface area contributed by atoms with E-state index in [1.807, 2.05) is 0 Å². The fourth-order valence-electron chi connectivity index (χ4n) is 1.48. The molecule has 1 amide bonds. The summed E-state index contributed by atoms with van der Waals surface area (Å²) in [5, 5.41) is 11.5. The van der Waals surface area contributed by atoms with E-state index in [0.29, 0.717) is 15.8 Å². The van der Waals surface area contributed by atoms with Crippen LogP contribution in [0.4, 0.5) is 0 Å². The number of hydrogen-bond donors (Lipinski definition) is 2. The molecule has 0 radical (unpaired) electrons. The van der Waals surface area contributed by atoms with Gasteiger partial charge in [0, 0.05) is 7.11 Å². The van der Waals surface area contributed by atoms with Crippen LogP contribution in [0.1, 0.15) is 11.6 Å². The average Bonchev–Trinajstić information content (AvgIpc) is 2.36. The predicted octanol–water partition coefficient (Wildman–Crippen LogP) is 1.35. The number of carboxylic acid groups (broad SMARTS) is 1. The highest BCUT2D eigenvalue weighted by atomic mass is 79.9. The highest BCUT2D eigenvalue weighted by molar-refractivity contribution is 9.10. The van der Waals surface area contributed by atoms with E-state index in [4.69, 9.17) is 9.84 Å².